The Balaban J connectivity index is 0.00000208. The van der Waals surface area contributed by atoms with Gasteiger partial charge in [0.05, 0.1) is 11.5 Å². The van der Waals surface area contributed by atoms with Crippen LogP contribution in [0.1, 0.15) is 44.1 Å². The van der Waals surface area contributed by atoms with E-state index in [-0.39, 0.29) is 12.4 Å². The Labute approximate surface area is 151 Å². The average molecular weight is 375 g/mol. The molecule has 0 bridgehead atoms. The van der Waals surface area contributed by atoms with Crippen LogP contribution in [-0.4, -0.2) is 34.2 Å². The normalized spacial score (nSPS) is 18.3. The summed E-state index contributed by atoms with van der Waals surface area (Å²) in [6, 6.07) is 5.63. The first-order valence-electron chi connectivity index (χ1n) is 8.64. The maximum Gasteiger partial charge on any atom is 0.240 e. The van der Waals surface area contributed by atoms with Gasteiger partial charge in [-0.15, -0.1) is 12.4 Å². The smallest absolute Gasteiger partial charge is 0.240 e. The molecule has 1 fully saturated rings. The average Bonchev–Trinajstić information content (AvgIpc) is 2.86. The summed E-state index contributed by atoms with van der Waals surface area (Å²) in [5, 5.41) is 3.48. The molecule has 0 aromatic heterocycles. The molecule has 1 saturated carbocycles. The highest BCUT2D eigenvalue weighted by Crippen LogP contribution is 2.27. The van der Waals surface area contributed by atoms with Gasteiger partial charge in [-0.2, -0.15) is 0 Å². The third kappa shape index (κ3) is 5.09. The van der Waals surface area contributed by atoms with Crippen molar-refractivity contribution >= 4 is 22.4 Å². The molecule has 7 heteroatoms. The van der Waals surface area contributed by atoms with Gasteiger partial charge in [-0.25, -0.2) is 13.1 Å². The zero-order chi connectivity index (χ0) is 16.1. The number of ether oxygens (including phenoxy) is 1. The Hall–Kier alpha value is -0.820. The van der Waals surface area contributed by atoms with Crippen molar-refractivity contribution in [3.63, 3.8) is 0 Å². The highest BCUT2D eigenvalue weighted by Gasteiger charge is 2.19. The minimum absolute atomic E-state index is 0. The monoisotopic (exact) mass is 374 g/mol. The Morgan fingerprint density at radius 3 is 2.58 bits per heavy atom. The maximum atomic E-state index is 12.4. The molecule has 1 aromatic carbocycles. The van der Waals surface area contributed by atoms with Gasteiger partial charge in [0.2, 0.25) is 10.0 Å². The summed E-state index contributed by atoms with van der Waals surface area (Å²) in [6.45, 7) is 1.74. The van der Waals surface area contributed by atoms with E-state index in [2.05, 4.69) is 10.0 Å². The van der Waals surface area contributed by atoms with E-state index in [1.807, 2.05) is 0 Å². The fourth-order valence-electron chi connectivity index (χ4n) is 3.36. The topological polar surface area (TPSA) is 67.4 Å². The molecule has 0 atom stereocenters. The summed E-state index contributed by atoms with van der Waals surface area (Å²) >= 11 is 0. The van der Waals surface area contributed by atoms with Crippen molar-refractivity contribution in [1.29, 1.82) is 0 Å². The van der Waals surface area contributed by atoms with Crippen molar-refractivity contribution in [3.05, 3.63) is 23.8 Å². The highest BCUT2D eigenvalue weighted by atomic mass is 35.5. The molecule has 1 aliphatic carbocycles. The quantitative estimate of drug-likeness (QED) is 0.593. The first kappa shape index (κ1) is 19.5. The second-order valence-corrected chi connectivity index (χ2v) is 8.18. The van der Waals surface area contributed by atoms with Gasteiger partial charge in [-0.05, 0) is 36.6 Å². The predicted octanol–water partition coefficient (Wildman–Crippen LogP) is 2.63. The first-order chi connectivity index (χ1) is 11.1. The van der Waals surface area contributed by atoms with Gasteiger partial charge in [0.15, 0.2) is 0 Å². The molecule has 1 aliphatic heterocycles. The van der Waals surface area contributed by atoms with Crippen LogP contribution in [0.4, 0.5) is 0 Å². The summed E-state index contributed by atoms with van der Waals surface area (Å²) in [5.74, 6) is 0.805. The highest BCUT2D eigenvalue weighted by molar-refractivity contribution is 7.89. The minimum atomic E-state index is -3.44. The Morgan fingerprint density at radius 1 is 1.08 bits per heavy atom. The first-order valence-corrected chi connectivity index (χ1v) is 10.1. The van der Waals surface area contributed by atoms with Crippen LogP contribution in [0.2, 0.25) is 0 Å². The molecule has 2 N–H and O–H groups in total. The minimum Gasteiger partial charge on any atom is -0.493 e. The molecule has 0 radical (unpaired) electrons. The largest absolute Gasteiger partial charge is 0.493 e. The van der Waals surface area contributed by atoms with Crippen molar-refractivity contribution in [2.24, 2.45) is 0 Å². The van der Waals surface area contributed by atoms with E-state index >= 15 is 0 Å². The van der Waals surface area contributed by atoms with Crippen LogP contribution in [0.15, 0.2) is 23.1 Å². The van der Waals surface area contributed by atoms with E-state index in [1.165, 1.54) is 38.5 Å². The number of benzene rings is 1. The zero-order valence-corrected chi connectivity index (χ0v) is 15.6. The summed E-state index contributed by atoms with van der Waals surface area (Å²) in [5.41, 5.74) is 0.976. The molecule has 2 aliphatic rings. The number of fused-ring (bicyclic) bond motifs is 1. The van der Waals surface area contributed by atoms with Crippen molar-refractivity contribution in [1.82, 2.24) is 10.0 Å². The molecule has 0 spiro atoms. The van der Waals surface area contributed by atoms with E-state index in [0.29, 0.717) is 30.6 Å². The Bertz CT molecular complexity index is 629. The fourth-order valence-corrected chi connectivity index (χ4v) is 4.44. The predicted molar refractivity (Wildman–Crippen MR) is 97.6 cm³/mol. The van der Waals surface area contributed by atoms with Crippen LogP contribution in [0.3, 0.4) is 0 Å². The van der Waals surface area contributed by atoms with Gasteiger partial charge in [-0.1, -0.05) is 25.7 Å². The molecule has 136 valence electrons. The molecule has 0 unspecified atom stereocenters. The lowest BCUT2D eigenvalue weighted by molar-refractivity contribution is 0.356. The zero-order valence-electron chi connectivity index (χ0n) is 13.9. The van der Waals surface area contributed by atoms with Crippen LogP contribution in [0.25, 0.3) is 0 Å². The van der Waals surface area contributed by atoms with E-state index in [9.17, 15) is 8.42 Å². The number of halogens is 1. The second kappa shape index (κ2) is 9.04. The van der Waals surface area contributed by atoms with Crippen molar-refractivity contribution in [3.8, 4) is 5.75 Å². The molecule has 0 saturated heterocycles. The Kier molecular flexibility index (Phi) is 7.34. The molecular formula is C17H27ClN2O3S. The van der Waals surface area contributed by atoms with Crippen LogP contribution in [0.5, 0.6) is 5.75 Å². The standard InChI is InChI=1S/C17H26N2O3S.ClH/c20-23(21,16-7-8-17-14(13-16)9-12-22-17)19-11-10-18-15-5-3-1-2-4-6-15;/h7-8,13,15,18-19H,1-6,9-12H2;1H. The van der Waals surface area contributed by atoms with Crippen LogP contribution in [0, 0.1) is 0 Å². The molecule has 1 heterocycles. The second-order valence-electron chi connectivity index (χ2n) is 6.41. The fraction of sp³-hybridized carbons (Fsp3) is 0.647. The van der Waals surface area contributed by atoms with Crippen LogP contribution < -0.4 is 14.8 Å². The van der Waals surface area contributed by atoms with Gasteiger partial charge in [0, 0.05) is 25.6 Å². The molecule has 1 aromatic rings. The lowest BCUT2D eigenvalue weighted by Crippen LogP contribution is -2.36. The van der Waals surface area contributed by atoms with E-state index < -0.39 is 10.0 Å². The van der Waals surface area contributed by atoms with Gasteiger partial charge < -0.3 is 10.1 Å². The van der Waals surface area contributed by atoms with Crippen molar-refractivity contribution in [2.75, 3.05) is 19.7 Å². The van der Waals surface area contributed by atoms with E-state index in [1.54, 1.807) is 18.2 Å². The van der Waals surface area contributed by atoms with Crippen molar-refractivity contribution < 1.29 is 13.2 Å². The van der Waals surface area contributed by atoms with Crippen LogP contribution in [-0.2, 0) is 16.4 Å². The number of nitrogens with one attached hydrogen (secondary N) is 2. The summed E-state index contributed by atoms with van der Waals surface area (Å²) < 4.78 is 32.8. The van der Waals surface area contributed by atoms with Gasteiger partial charge in [-0.3, -0.25) is 0 Å². The lowest BCUT2D eigenvalue weighted by Gasteiger charge is -2.16. The van der Waals surface area contributed by atoms with Gasteiger partial charge in [0.1, 0.15) is 5.75 Å². The summed E-state index contributed by atoms with van der Waals surface area (Å²) in [6.07, 6.45) is 8.40. The van der Waals surface area contributed by atoms with E-state index in [4.69, 9.17) is 4.74 Å². The van der Waals surface area contributed by atoms with Gasteiger partial charge >= 0.3 is 0 Å². The summed E-state index contributed by atoms with van der Waals surface area (Å²) in [7, 11) is -3.44. The number of rotatable bonds is 6. The SMILES string of the molecule is Cl.O=S(=O)(NCCNC1CCCCCC1)c1ccc2c(c1)CCO2. The Morgan fingerprint density at radius 2 is 1.83 bits per heavy atom. The number of hydrogen-bond acceptors (Lipinski definition) is 4. The lowest BCUT2D eigenvalue weighted by atomic mass is 10.1. The van der Waals surface area contributed by atoms with Gasteiger partial charge in [0.25, 0.3) is 0 Å². The third-order valence-corrected chi connectivity index (χ3v) is 6.14. The molecule has 0 amide bonds. The van der Waals surface area contributed by atoms with Crippen molar-refractivity contribution in [2.45, 2.75) is 55.9 Å². The maximum absolute atomic E-state index is 12.4. The molecule has 3 rings (SSSR count). The third-order valence-electron chi connectivity index (χ3n) is 4.68. The number of sulfonamides is 1. The summed E-state index contributed by atoms with van der Waals surface area (Å²) in [4.78, 5) is 0.330. The van der Waals surface area contributed by atoms with Crippen LogP contribution >= 0.6 is 12.4 Å². The molecule has 5 nitrogen and oxygen atoms in total. The number of hydrogen-bond donors (Lipinski definition) is 2. The molecule has 24 heavy (non-hydrogen) atoms. The molecular weight excluding hydrogens is 348 g/mol. The van der Waals surface area contributed by atoms with E-state index in [0.717, 1.165) is 17.7 Å².